The quantitative estimate of drug-likeness (QED) is 0.340. The number of aromatic nitrogens is 2. The first-order chi connectivity index (χ1) is 17.1. The van der Waals surface area contributed by atoms with E-state index in [-0.39, 0.29) is 11.7 Å². The van der Waals surface area contributed by atoms with Crippen molar-refractivity contribution in [2.75, 3.05) is 5.32 Å². The predicted molar refractivity (Wildman–Crippen MR) is 142 cm³/mol. The highest BCUT2D eigenvalue weighted by atomic mass is 35.5. The summed E-state index contributed by atoms with van der Waals surface area (Å²) in [5, 5.41) is 8.01. The minimum atomic E-state index is -0.125. The molecule has 2 fully saturated rings. The van der Waals surface area contributed by atoms with Gasteiger partial charge in [-0.15, -0.1) is 0 Å². The molecular formula is C27H36ClN7. The van der Waals surface area contributed by atoms with Gasteiger partial charge in [-0.1, -0.05) is 62.9 Å². The summed E-state index contributed by atoms with van der Waals surface area (Å²) in [5.74, 6) is 2.11. The maximum atomic E-state index is 6.11. The number of amidine groups is 1. The SMILES string of the molecule is CCCCC(CCC)NC12CC1CC=C1C(=N2)NNC1c1ccnc(NCc2cccc(Cl)c2)n1. The third-order valence-electron chi connectivity index (χ3n) is 7.24. The highest BCUT2D eigenvalue weighted by Gasteiger charge is 2.56. The van der Waals surface area contributed by atoms with Gasteiger partial charge < -0.3 is 10.7 Å². The van der Waals surface area contributed by atoms with Crippen LogP contribution in [-0.4, -0.2) is 27.5 Å². The summed E-state index contributed by atoms with van der Waals surface area (Å²) in [6.07, 6.45) is 12.4. The third kappa shape index (κ3) is 5.52. The smallest absolute Gasteiger partial charge is 0.223 e. The Morgan fingerprint density at radius 3 is 2.94 bits per heavy atom. The van der Waals surface area contributed by atoms with Crippen LogP contribution in [0.2, 0.25) is 5.02 Å². The van der Waals surface area contributed by atoms with Crippen LogP contribution in [0, 0.1) is 5.92 Å². The molecule has 1 aromatic carbocycles. The maximum Gasteiger partial charge on any atom is 0.223 e. The van der Waals surface area contributed by atoms with Crippen LogP contribution in [0.1, 0.15) is 76.1 Å². The van der Waals surface area contributed by atoms with Crippen molar-refractivity contribution in [1.29, 1.82) is 0 Å². The zero-order valence-corrected chi connectivity index (χ0v) is 21.4. The number of aliphatic imine (C=N–C) groups is 1. The van der Waals surface area contributed by atoms with Gasteiger partial charge in [0.15, 0.2) is 0 Å². The molecule has 35 heavy (non-hydrogen) atoms. The van der Waals surface area contributed by atoms with Gasteiger partial charge in [0.2, 0.25) is 5.95 Å². The first-order valence-electron chi connectivity index (χ1n) is 13.0. The van der Waals surface area contributed by atoms with E-state index in [1.807, 2.05) is 30.3 Å². The van der Waals surface area contributed by atoms with Crippen LogP contribution >= 0.6 is 11.6 Å². The fraction of sp³-hybridized carbons (Fsp3) is 0.519. The van der Waals surface area contributed by atoms with E-state index >= 15 is 0 Å². The Labute approximate surface area is 213 Å². The molecule has 7 nitrogen and oxygen atoms in total. The molecule has 3 heterocycles. The first-order valence-corrected chi connectivity index (χ1v) is 13.4. The number of unbranched alkanes of at least 4 members (excludes halogenated alkanes) is 1. The zero-order chi connectivity index (χ0) is 24.3. The third-order valence-corrected chi connectivity index (χ3v) is 7.47. The van der Waals surface area contributed by atoms with Crippen LogP contribution in [0.3, 0.4) is 0 Å². The van der Waals surface area contributed by atoms with E-state index in [2.05, 4.69) is 46.4 Å². The second kappa shape index (κ2) is 10.6. The summed E-state index contributed by atoms with van der Waals surface area (Å²) >= 11 is 6.11. The molecule has 2 aliphatic heterocycles. The largest absolute Gasteiger partial charge is 0.350 e. The molecule has 8 heteroatoms. The Morgan fingerprint density at radius 1 is 1.20 bits per heavy atom. The molecule has 1 aromatic heterocycles. The molecule has 1 saturated heterocycles. The maximum absolute atomic E-state index is 6.11. The van der Waals surface area contributed by atoms with Crippen molar-refractivity contribution in [3.8, 4) is 0 Å². The van der Waals surface area contributed by atoms with Gasteiger partial charge >= 0.3 is 0 Å². The molecule has 1 saturated carbocycles. The second-order valence-corrected chi connectivity index (χ2v) is 10.4. The van der Waals surface area contributed by atoms with Crippen molar-refractivity contribution in [2.45, 2.75) is 83.1 Å². The number of hydrogen-bond donors (Lipinski definition) is 4. The van der Waals surface area contributed by atoms with Crippen LogP contribution in [-0.2, 0) is 6.54 Å². The monoisotopic (exact) mass is 493 g/mol. The van der Waals surface area contributed by atoms with E-state index in [1.54, 1.807) is 6.20 Å². The predicted octanol–water partition coefficient (Wildman–Crippen LogP) is 5.28. The minimum absolute atomic E-state index is 0.0513. The number of allylic oxidation sites excluding steroid dienone is 1. The average Bonchev–Trinajstić information content (AvgIpc) is 3.42. The molecule has 186 valence electrons. The van der Waals surface area contributed by atoms with Crippen LogP contribution in [0.15, 0.2) is 53.2 Å². The van der Waals surface area contributed by atoms with Crippen molar-refractivity contribution in [3.63, 3.8) is 0 Å². The van der Waals surface area contributed by atoms with Gasteiger partial charge in [-0.25, -0.2) is 20.4 Å². The number of halogens is 1. The summed E-state index contributed by atoms with van der Waals surface area (Å²) in [7, 11) is 0. The Balaban J connectivity index is 1.28. The van der Waals surface area contributed by atoms with E-state index < -0.39 is 0 Å². The van der Waals surface area contributed by atoms with Crippen LogP contribution in [0.25, 0.3) is 0 Å². The summed E-state index contributed by atoms with van der Waals surface area (Å²) in [5.41, 5.74) is 9.83. The van der Waals surface area contributed by atoms with E-state index in [9.17, 15) is 0 Å². The van der Waals surface area contributed by atoms with Gasteiger partial charge in [-0.3, -0.25) is 5.32 Å². The second-order valence-electron chi connectivity index (χ2n) is 9.94. The molecule has 4 atom stereocenters. The standard InChI is InChI=1S/C27H36ClN7/c1-3-5-10-21(7-4-2)32-27-16-19(27)11-12-22-24(34-35-25(22)33-27)23-13-14-29-26(31-23)30-17-18-8-6-9-20(28)15-18/h6,8-9,12-15,19,21,24,32,34H,3-5,7,10-11,16-17H2,1-2H3,(H,33,35)(H,29,30,31). The van der Waals surface area contributed by atoms with Gasteiger partial charge in [0.05, 0.1) is 11.7 Å². The van der Waals surface area contributed by atoms with E-state index in [0.29, 0.717) is 24.5 Å². The van der Waals surface area contributed by atoms with Gasteiger partial charge in [0, 0.05) is 35.3 Å². The molecule has 0 bridgehead atoms. The lowest BCUT2D eigenvalue weighted by Crippen LogP contribution is -2.42. The van der Waals surface area contributed by atoms with Crippen molar-refractivity contribution in [3.05, 3.63) is 64.5 Å². The summed E-state index contributed by atoms with van der Waals surface area (Å²) in [6, 6.07) is 10.3. The van der Waals surface area contributed by atoms with Crippen LogP contribution in [0.5, 0.6) is 0 Å². The van der Waals surface area contributed by atoms with Crippen molar-refractivity contribution < 1.29 is 0 Å². The van der Waals surface area contributed by atoms with E-state index in [0.717, 1.165) is 35.0 Å². The number of nitrogens with zero attached hydrogens (tertiary/aromatic N) is 3. The lowest BCUT2D eigenvalue weighted by Gasteiger charge is -2.24. The molecule has 3 aliphatic rings. The summed E-state index contributed by atoms with van der Waals surface area (Å²) in [4.78, 5) is 14.5. The molecule has 1 aliphatic carbocycles. The number of nitrogens with one attached hydrogen (secondary N) is 4. The summed E-state index contributed by atoms with van der Waals surface area (Å²) in [6.45, 7) is 5.15. The molecule has 4 unspecified atom stereocenters. The molecule has 4 N–H and O–H groups in total. The number of hydrogen-bond acceptors (Lipinski definition) is 7. The highest BCUT2D eigenvalue weighted by Crippen LogP contribution is 2.50. The number of hydrazine groups is 1. The van der Waals surface area contributed by atoms with Crippen LogP contribution in [0.4, 0.5) is 5.95 Å². The van der Waals surface area contributed by atoms with Crippen LogP contribution < -0.4 is 21.5 Å². The Hall–Kier alpha value is -2.48. The topological polar surface area (TPSA) is 86.3 Å². The fourth-order valence-corrected chi connectivity index (χ4v) is 5.48. The molecule has 0 radical (unpaired) electrons. The fourth-order valence-electron chi connectivity index (χ4n) is 5.26. The molecule has 5 rings (SSSR count). The molecule has 0 amide bonds. The molecule has 0 spiro atoms. The lowest BCUT2D eigenvalue weighted by molar-refractivity contribution is 0.355. The average molecular weight is 494 g/mol. The number of anilines is 1. The van der Waals surface area contributed by atoms with Crippen molar-refractivity contribution in [1.82, 2.24) is 26.1 Å². The number of fused-ring (bicyclic) bond motifs is 2. The van der Waals surface area contributed by atoms with Gasteiger partial charge in [-0.05, 0) is 49.4 Å². The molecule has 2 aromatic rings. The Bertz CT molecular complexity index is 1100. The Kier molecular flexibility index (Phi) is 7.37. The van der Waals surface area contributed by atoms with Gasteiger partial charge in [0.25, 0.3) is 0 Å². The van der Waals surface area contributed by atoms with Crippen molar-refractivity contribution in [2.24, 2.45) is 10.9 Å². The number of benzene rings is 1. The van der Waals surface area contributed by atoms with Gasteiger partial charge in [-0.2, -0.15) is 0 Å². The number of rotatable bonds is 11. The minimum Gasteiger partial charge on any atom is -0.350 e. The van der Waals surface area contributed by atoms with Crippen molar-refractivity contribution >= 4 is 23.4 Å². The first kappa shape index (κ1) is 24.2. The van der Waals surface area contributed by atoms with Gasteiger partial charge in [0.1, 0.15) is 11.5 Å². The van der Waals surface area contributed by atoms with E-state index in [4.69, 9.17) is 21.6 Å². The molecular weight excluding hydrogens is 458 g/mol. The van der Waals surface area contributed by atoms with E-state index in [1.165, 1.54) is 37.7 Å². The highest BCUT2D eigenvalue weighted by molar-refractivity contribution is 6.30. The summed E-state index contributed by atoms with van der Waals surface area (Å²) < 4.78 is 0. The normalized spacial score (nSPS) is 25.5. The lowest BCUT2D eigenvalue weighted by atomic mass is 10.0. The zero-order valence-electron chi connectivity index (χ0n) is 20.6. The Morgan fingerprint density at radius 2 is 2.11 bits per heavy atom.